The number of nitrogens with two attached hydrogens (primary N) is 1. The Bertz CT molecular complexity index is 205. The van der Waals surface area contributed by atoms with E-state index in [0.717, 1.165) is 5.69 Å². The van der Waals surface area contributed by atoms with Crippen molar-refractivity contribution in [2.24, 2.45) is 12.8 Å². The summed E-state index contributed by atoms with van der Waals surface area (Å²) in [5, 5.41) is 0. The molecular weight excluding hydrogens is 274 g/mol. The highest BCUT2D eigenvalue weighted by molar-refractivity contribution is 5.85. The molecule has 0 spiro atoms. The van der Waals surface area contributed by atoms with Gasteiger partial charge in [0.25, 0.3) is 0 Å². The quantitative estimate of drug-likeness (QED) is 0.445. The van der Waals surface area contributed by atoms with Crippen molar-refractivity contribution < 1.29 is 28.5 Å². The maximum Gasteiger partial charge on any atom is 0.194 e. The summed E-state index contributed by atoms with van der Waals surface area (Å²) >= 11 is 0. The van der Waals surface area contributed by atoms with Crippen molar-refractivity contribution in [3.63, 3.8) is 0 Å². The highest BCUT2D eigenvalue weighted by Gasteiger charge is 1.97. The fourth-order valence-corrected chi connectivity index (χ4v) is 0.771. The van der Waals surface area contributed by atoms with Gasteiger partial charge in [0, 0.05) is 12.1 Å². The van der Waals surface area contributed by atoms with Crippen molar-refractivity contribution in [2.75, 3.05) is 0 Å². The molecule has 0 radical (unpaired) electrons. The average molecular weight is 287 g/mol. The monoisotopic (exact) mass is 286 g/mol. The molecule has 1 aromatic rings. The van der Waals surface area contributed by atoms with Gasteiger partial charge in [0.1, 0.15) is 7.05 Å². The predicted octanol–water partition coefficient (Wildman–Crippen LogP) is -2.60. The van der Waals surface area contributed by atoms with E-state index in [1.165, 1.54) is 0 Å². The molecule has 1 heterocycles. The molecular formula is C7H12ClIN2. The zero-order valence-corrected chi connectivity index (χ0v) is 9.30. The minimum atomic E-state index is 0. The lowest BCUT2D eigenvalue weighted by atomic mass is 10.3. The van der Waals surface area contributed by atoms with Crippen molar-refractivity contribution >= 4 is 12.4 Å². The lowest BCUT2D eigenvalue weighted by Crippen LogP contribution is -3.00. The average Bonchev–Trinajstić information content (AvgIpc) is 1.89. The van der Waals surface area contributed by atoms with Gasteiger partial charge in [-0.05, 0) is 0 Å². The summed E-state index contributed by atoms with van der Waals surface area (Å²) in [5.41, 5.74) is 6.58. The van der Waals surface area contributed by atoms with E-state index in [1.807, 2.05) is 36.0 Å². The Labute approximate surface area is 90.2 Å². The van der Waals surface area contributed by atoms with Gasteiger partial charge in [-0.3, -0.25) is 0 Å². The number of rotatable bonds is 1. The Morgan fingerprint density at radius 1 is 1.45 bits per heavy atom. The third-order valence-corrected chi connectivity index (χ3v) is 1.37. The minimum Gasteiger partial charge on any atom is -1.00 e. The Hall–Kier alpha value is 0.130. The molecule has 2 nitrogen and oxygen atoms in total. The molecule has 0 unspecified atom stereocenters. The maximum atomic E-state index is 5.43. The molecule has 0 fully saturated rings. The molecule has 0 aliphatic heterocycles. The second-order valence-electron chi connectivity index (χ2n) is 2.01. The Balaban J connectivity index is 0. The lowest BCUT2D eigenvalue weighted by molar-refractivity contribution is -0.679. The van der Waals surface area contributed by atoms with Gasteiger partial charge in [0.05, 0.1) is 6.54 Å². The first kappa shape index (κ1) is 13.7. The van der Waals surface area contributed by atoms with E-state index in [1.54, 1.807) is 0 Å². The van der Waals surface area contributed by atoms with E-state index >= 15 is 0 Å². The standard InChI is InChI=1S/C7H11N2.ClH.HI/c1-9-5-3-2-4-7(9)6-8;;/h2-5H,6,8H2,1H3;2*1H/q+1;;/p-1. The molecule has 0 saturated heterocycles. The number of hydrogen-bond acceptors (Lipinski definition) is 1. The molecule has 0 aliphatic rings. The number of pyridine rings is 1. The summed E-state index contributed by atoms with van der Waals surface area (Å²) in [6.45, 7) is 0.608. The van der Waals surface area contributed by atoms with Crippen molar-refractivity contribution in [3.05, 3.63) is 30.1 Å². The Morgan fingerprint density at radius 2 is 2.09 bits per heavy atom. The normalized spacial score (nSPS) is 7.82. The van der Waals surface area contributed by atoms with Crippen LogP contribution in [0.2, 0.25) is 0 Å². The van der Waals surface area contributed by atoms with E-state index in [-0.39, 0.29) is 36.4 Å². The molecule has 1 aromatic heterocycles. The number of aryl methyl sites for hydroxylation is 1. The smallest absolute Gasteiger partial charge is 0.194 e. The SMILES string of the molecule is C[n+]1ccccc1CN.Cl.[I-]. The molecule has 0 saturated carbocycles. The highest BCUT2D eigenvalue weighted by Crippen LogP contribution is 1.85. The Kier molecular flexibility index (Phi) is 8.49. The molecule has 2 N–H and O–H groups in total. The van der Waals surface area contributed by atoms with Gasteiger partial charge >= 0.3 is 0 Å². The van der Waals surface area contributed by atoms with Crippen LogP contribution in [0, 0.1) is 0 Å². The van der Waals surface area contributed by atoms with Crippen molar-refractivity contribution in [1.29, 1.82) is 0 Å². The number of halogens is 2. The van der Waals surface area contributed by atoms with Crippen molar-refractivity contribution in [3.8, 4) is 0 Å². The van der Waals surface area contributed by atoms with Gasteiger partial charge < -0.3 is 29.7 Å². The molecule has 0 aromatic carbocycles. The zero-order valence-electron chi connectivity index (χ0n) is 6.33. The van der Waals surface area contributed by atoms with Crippen LogP contribution >= 0.6 is 12.4 Å². The summed E-state index contributed by atoms with van der Waals surface area (Å²) in [5.74, 6) is 0. The van der Waals surface area contributed by atoms with Crippen LogP contribution in [0.1, 0.15) is 5.69 Å². The predicted molar refractivity (Wildman–Crippen MR) is 42.8 cm³/mol. The van der Waals surface area contributed by atoms with E-state index in [2.05, 4.69) is 0 Å². The third kappa shape index (κ3) is 3.88. The number of aromatic nitrogens is 1. The third-order valence-electron chi connectivity index (χ3n) is 1.37. The fraction of sp³-hybridized carbons (Fsp3) is 0.286. The van der Waals surface area contributed by atoms with E-state index < -0.39 is 0 Å². The minimum absolute atomic E-state index is 0. The van der Waals surface area contributed by atoms with Gasteiger partial charge in [-0.25, -0.2) is 4.57 Å². The number of hydrogen-bond donors (Lipinski definition) is 1. The Morgan fingerprint density at radius 3 is 2.45 bits per heavy atom. The van der Waals surface area contributed by atoms with Crippen LogP contribution in [0.4, 0.5) is 0 Å². The summed E-state index contributed by atoms with van der Waals surface area (Å²) in [4.78, 5) is 0. The molecule has 0 bridgehead atoms. The zero-order chi connectivity index (χ0) is 6.69. The summed E-state index contributed by atoms with van der Waals surface area (Å²) in [7, 11) is 1.99. The highest BCUT2D eigenvalue weighted by atomic mass is 127. The second kappa shape index (κ2) is 6.82. The van der Waals surface area contributed by atoms with E-state index in [9.17, 15) is 0 Å². The van der Waals surface area contributed by atoms with Crippen LogP contribution in [0.25, 0.3) is 0 Å². The maximum absolute atomic E-state index is 5.43. The molecule has 11 heavy (non-hydrogen) atoms. The van der Waals surface area contributed by atoms with Crippen LogP contribution in [0.15, 0.2) is 24.4 Å². The van der Waals surface area contributed by atoms with Crippen molar-refractivity contribution in [2.45, 2.75) is 6.54 Å². The first-order chi connectivity index (χ1) is 4.34. The summed E-state index contributed by atoms with van der Waals surface area (Å²) < 4.78 is 2.01. The van der Waals surface area contributed by atoms with Gasteiger partial charge in [0.15, 0.2) is 11.9 Å². The second-order valence-corrected chi connectivity index (χ2v) is 2.01. The molecule has 4 heteroatoms. The van der Waals surface area contributed by atoms with E-state index in [0.29, 0.717) is 6.54 Å². The van der Waals surface area contributed by atoms with Crippen LogP contribution in [0.5, 0.6) is 0 Å². The van der Waals surface area contributed by atoms with Crippen molar-refractivity contribution in [1.82, 2.24) is 0 Å². The largest absolute Gasteiger partial charge is 1.00 e. The first-order valence-corrected chi connectivity index (χ1v) is 2.98. The van der Waals surface area contributed by atoms with Gasteiger partial charge in [-0.1, -0.05) is 6.07 Å². The molecule has 1 rings (SSSR count). The molecule has 64 valence electrons. The fourth-order valence-electron chi connectivity index (χ4n) is 0.771. The lowest BCUT2D eigenvalue weighted by Gasteiger charge is -1.91. The first-order valence-electron chi connectivity index (χ1n) is 2.98. The summed E-state index contributed by atoms with van der Waals surface area (Å²) in [6.07, 6.45) is 1.99. The van der Waals surface area contributed by atoms with Crippen LogP contribution in [-0.4, -0.2) is 0 Å². The van der Waals surface area contributed by atoms with E-state index in [4.69, 9.17) is 5.73 Å². The van der Waals surface area contributed by atoms with Gasteiger partial charge in [-0.15, -0.1) is 12.4 Å². The molecule has 0 atom stereocenters. The van der Waals surface area contributed by atoms with Crippen LogP contribution in [0.3, 0.4) is 0 Å². The van der Waals surface area contributed by atoms with Gasteiger partial charge in [-0.2, -0.15) is 0 Å². The summed E-state index contributed by atoms with van der Waals surface area (Å²) in [6, 6.07) is 5.99. The van der Waals surface area contributed by atoms with Gasteiger partial charge in [0.2, 0.25) is 0 Å². The van der Waals surface area contributed by atoms with Crippen LogP contribution < -0.4 is 34.3 Å². The molecule has 0 amide bonds. The topological polar surface area (TPSA) is 29.9 Å². The van der Waals surface area contributed by atoms with Crippen LogP contribution in [-0.2, 0) is 13.6 Å². The molecule has 0 aliphatic carbocycles. The number of nitrogens with zero attached hydrogens (tertiary/aromatic N) is 1.